The molecule has 1 saturated heterocycles. The molecule has 7 heteroatoms. The van der Waals surface area contributed by atoms with Crippen molar-refractivity contribution in [1.82, 2.24) is 14.1 Å². The molecule has 1 fully saturated rings. The zero-order valence-electron chi connectivity index (χ0n) is 10.6. The number of aromatic nitrogens is 2. The highest BCUT2D eigenvalue weighted by Gasteiger charge is 2.41. The fraction of sp³-hybridized carbons (Fsp3) is 0.727. The van der Waals surface area contributed by atoms with Gasteiger partial charge in [0.1, 0.15) is 4.90 Å². The first kappa shape index (κ1) is 13.8. The SMILES string of the molecule is CC1(C)CCCN1S(=O)(=O)c1cnn(CCCl)c1. The molecule has 0 bridgehead atoms. The van der Waals surface area contributed by atoms with Gasteiger partial charge in [-0.1, -0.05) is 0 Å². The van der Waals surface area contributed by atoms with E-state index in [-0.39, 0.29) is 10.4 Å². The van der Waals surface area contributed by atoms with Gasteiger partial charge in [-0.25, -0.2) is 8.42 Å². The first-order valence-electron chi connectivity index (χ1n) is 5.99. The van der Waals surface area contributed by atoms with E-state index in [2.05, 4.69) is 5.10 Å². The smallest absolute Gasteiger partial charge is 0.246 e. The molecule has 0 spiro atoms. The fourth-order valence-electron chi connectivity index (χ4n) is 2.34. The standard InChI is InChI=1S/C11H18ClN3O2S/c1-11(2)4-3-6-15(11)18(16,17)10-8-13-14(9-10)7-5-12/h8-9H,3-7H2,1-2H3. The molecular formula is C11H18ClN3O2S. The van der Waals surface area contributed by atoms with E-state index in [9.17, 15) is 8.42 Å². The average Bonchev–Trinajstić information content (AvgIpc) is 2.85. The molecule has 0 amide bonds. The van der Waals surface area contributed by atoms with E-state index in [1.165, 1.54) is 6.20 Å². The molecule has 0 aliphatic carbocycles. The molecule has 0 N–H and O–H groups in total. The third kappa shape index (κ3) is 2.41. The Morgan fingerprint density at radius 2 is 2.22 bits per heavy atom. The molecule has 1 aliphatic rings. The Bertz CT molecular complexity index is 524. The van der Waals surface area contributed by atoms with Crippen molar-refractivity contribution in [3.63, 3.8) is 0 Å². The highest BCUT2D eigenvalue weighted by Crippen LogP contribution is 2.33. The second kappa shape index (κ2) is 4.83. The van der Waals surface area contributed by atoms with Gasteiger partial charge >= 0.3 is 0 Å². The Morgan fingerprint density at radius 1 is 1.50 bits per heavy atom. The lowest BCUT2D eigenvalue weighted by atomic mass is 10.0. The van der Waals surface area contributed by atoms with Crippen LogP contribution in [0.1, 0.15) is 26.7 Å². The van der Waals surface area contributed by atoms with E-state index in [0.29, 0.717) is 19.0 Å². The monoisotopic (exact) mass is 291 g/mol. The number of nitrogens with zero attached hydrogens (tertiary/aromatic N) is 3. The van der Waals surface area contributed by atoms with Crippen LogP contribution in [0.4, 0.5) is 0 Å². The van der Waals surface area contributed by atoms with Crippen LogP contribution in [-0.4, -0.2) is 40.5 Å². The van der Waals surface area contributed by atoms with Crippen molar-refractivity contribution >= 4 is 21.6 Å². The van der Waals surface area contributed by atoms with E-state index in [1.807, 2.05) is 13.8 Å². The lowest BCUT2D eigenvalue weighted by Crippen LogP contribution is -2.42. The third-order valence-corrected chi connectivity index (χ3v) is 5.57. The van der Waals surface area contributed by atoms with Crippen LogP contribution in [-0.2, 0) is 16.6 Å². The van der Waals surface area contributed by atoms with Crippen molar-refractivity contribution in [2.45, 2.75) is 43.7 Å². The molecule has 18 heavy (non-hydrogen) atoms. The zero-order valence-corrected chi connectivity index (χ0v) is 12.2. The van der Waals surface area contributed by atoms with Gasteiger partial charge in [-0.2, -0.15) is 9.40 Å². The molecule has 1 aromatic heterocycles. The minimum Gasteiger partial charge on any atom is -0.270 e. The Balaban J connectivity index is 2.30. The van der Waals surface area contributed by atoms with E-state index in [1.54, 1.807) is 15.2 Å². The molecule has 0 unspecified atom stereocenters. The Labute approximate surface area is 113 Å². The molecule has 2 heterocycles. The molecule has 0 saturated carbocycles. The van der Waals surface area contributed by atoms with Crippen LogP contribution in [0.2, 0.25) is 0 Å². The summed E-state index contributed by atoms with van der Waals surface area (Å²) in [5.74, 6) is 0.413. The van der Waals surface area contributed by atoms with Crippen molar-refractivity contribution in [3.8, 4) is 0 Å². The van der Waals surface area contributed by atoms with Gasteiger partial charge in [0.2, 0.25) is 10.0 Å². The lowest BCUT2D eigenvalue weighted by molar-refractivity contribution is 0.291. The number of hydrogen-bond donors (Lipinski definition) is 0. The van der Waals surface area contributed by atoms with Gasteiger partial charge < -0.3 is 0 Å². The summed E-state index contributed by atoms with van der Waals surface area (Å²) in [7, 11) is -3.44. The normalized spacial score (nSPS) is 20.4. The predicted octanol–water partition coefficient (Wildman–Crippen LogP) is 1.68. The van der Waals surface area contributed by atoms with Gasteiger partial charge in [0.25, 0.3) is 0 Å². The number of halogens is 1. The highest BCUT2D eigenvalue weighted by molar-refractivity contribution is 7.89. The molecule has 5 nitrogen and oxygen atoms in total. The Kier molecular flexibility index (Phi) is 3.71. The largest absolute Gasteiger partial charge is 0.270 e. The van der Waals surface area contributed by atoms with Gasteiger partial charge in [0.05, 0.1) is 12.7 Å². The summed E-state index contributed by atoms with van der Waals surface area (Å²) >= 11 is 5.61. The van der Waals surface area contributed by atoms with Crippen molar-refractivity contribution in [1.29, 1.82) is 0 Å². The van der Waals surface area contributed by atoms with Gasteiger partial charge in [0.15, 0.2) is 0 Å². The molecule has 1 aromatic rings. The topological polar surface area (TPSA) is 55.2 Å². The first-order chi connectivity index (χ1) is 8.38. The van der Waals surface area contributed by atoms with Crippen molar-refractivity contribution < 1.29 is 8.42 Å². The first-order valence-corrected chi connectivity index (χ1v) is 7.97. The highest BCUT2D eigenvalue weighted by atomic mass is 35.5. The van der Waals surface area contributed by atoms with Crippen LogP contribution in [0.25, 0.3) is 0 Å². The number of hydrogen-bond acceptors (Lipinski definition) is 3. The second-order valence-electron chi connectivity index (χ2n) is 5.12. The fourth-order valence-corrected chi connectivity index (χ4v) is 4.32. The minimum absolute atomic E-state index is 0.252. The second-order valence-corrected chi connectivity index (χ2v) is 7.36. The molecule has 0 atom stereocenters. The Hall–Kier alpha value is -0.590. The maximum Gasteiger partial charge on any atom is 0.246 e. The van der Waals surface area contributed by atoms with Crippen LogP contribution >= 0.6 is 11.6 Å². The quantitative estimate of drug-likeness (QED) is 0.793. The summed E-state index contributed by atoms with van der Waals surface area (Å²) < 4.78 is 28.1. The third-order valence-electron chi connectivity index (χ3n) is 3.34. The number of alkyl halides is 1. The summed E-state index contributed by atoms with van der Waals surface area (Å²) in [6, 6.07) is 0. The molecule has 0 radical (unpaired) electrons. The van der Waals surface area contributed by atoms with Gasteiger partial charge in [-0.05, 0) is 26.7 Å². The van der Waals surface area contributed by atoms with Crippen LogP contribution in [0.15, 0.2) is 17.3 Å². The number of aryl methyl sites for hydroxylation is 1. The van der Waals surface area contributed by atoms with Crippen LogP contribution < -0.4 is 0 Å². The van der Waals surface area contributed by atoms with Crippen molar-refractivity contribution in [2.24, 2.45) is 0 Å². The summed E-state index contributed by atoms with van der Waals surface area (Å²) in [5, 5.41) is 4.02. The van der Waals surface area contributed by atoms with E-state index >= 15 is 0 Å². The van der Waals surface area contributed by atoms with E-state index in [0.717, 1.165) is 12.8 Å². The number of sulfonamides is 1. The molecule has 0 aromatic carbocycles. The molecular weight excluding hydrogens is 274 g/mol. The maximum atomic E-state index is 12.5. The maximum absolute atomic E-state index is 12.5. The lowest BCUT2D eigenvalue weighted by Gasteiger charge is -2.29. The van der Waals surface area contributed by atoms with Gasteiger partial charge in [-0.3, -0.25) is 4.68 Å². The predicted molar refractivity (Wildman–Crippen MR) is 70.2 cm³/mol. The van der Waals surface area contributed by atoms with Crippen LogP contribution in [0, 0.1) is 0 Å². The van der Waals surface area contributed by atoms with E-state index < -0.39 is 10.0 Å². The van der Waals surface area contributed by atoms with E-state index in [4.69, 9.17) is 11.6 Å². The summed E-state index contributed by atoms with van der Waals surface area (Å²) in [6.45, 7) is 5.01. The molecule has 1 aliphatic heterocycles. The number of rotatable bonds is 4. The molecule has 102 valence electrons. The Morgan fingerprint density at radius 3 is 2.78 bits per heavy atom. The van der Waals surface area contributed by atoms with Crippen LogP contribution in [0.5, 0.6) is 0 Å². The summed E-state index contributed by atoms with van der Waals surface area (Å²) in [5.41, 5.74) is -0.312. The average molecular weight is 292 g/mol. The summed E-state index contributed by atoms with van der Waals surface area (Å²) in [4.78, 5) is 0.252. The van der Waals surface area contributed by atoms with Crippen molar-refractivity contribution in [3.05, 3.63) is 12.4 Å². The van der Waals surface area contributed by atoms with Crippen LogP contribution in [0.3, 0.4) is 0 Å². The van der Waals surface area contributed by atoms with Gasteiger partial charge in [0, 0.05) is 24.2 Å². The summed E-state index contributed by atoms with van der Waals surface area (Å²) in [6.07, 6.45) is 4.74. The van der Waals surface area contributed by atoms with Crippen molar-refractivity contribution in [2.75, 3.05) is 12.4 Å². The minimum atomic E-state index is -3.44. The zero-order chi connectivity index (χ0) is 13.4. The molecule has 2 rings (SSSR count). The van der Waals surface area contributed by atoms with Gasteiger partial charge in [-0.15, -0.1) is 11.6 Å².